The summed E-state index contributed by atoms with van der Waals surface area (Å²) < 4.78 is 5.57. The Morgan fingerprint density at radius 3 is 2.78 bits per heavy atom. The van der Waals surface area contributed by atoms with E-state index in [0.29, 0.717) is 18.0 Å². The first-order chi connectivity index (χ1) is 13.0. The topological polar surface area (TPSA) is 70.7 Å². The molecule has 2 aromatic rings. The fourth-order valence-corrected chi connectivity index (χ4v) is 3.43. The van der Waals surface area contributed by atoms with E-state index >= 15 is 0 Å². The Bertz CT molecular complexity index is 773. The highest BCUT2D eigenvalue weighted by atomic mass is 32.1. The number of carbonyl (C=O) groups excluding carboxylic acids is 2. The van der Waals surface area contributed by atoms with Crippen LogP contribution in [0.25, 0.3) is 0 Å². The average Bonchev–Trinajstić information content (AvgIpc) is 3.37. The lowest BCUT2D eigenvalue weighted by atomic mass is 10.1. The maximum Gasteiger partial charge on any atom is 0.258 e. The molecule has 1 aromatic carbocycles. The van der Waals surface area contributed by atoms with Crippen LogP contribution in [0.4, 0.5) is 5.69 Å². The summed E-state index contributed by atoms with van der Waals surface area (Å²) in [5, 5.41) is 9.92. The van der Waals surface area contributed by atoms with Crippen LogP contribution in [0.3, 0.4) is 0 Å². The summed E-state index contributed by atoms with van der Waals surface area (Å²) in [6, 6.07) is 9.32. The van der Waals surface area contributed by atoms with E-state index in [-0.39, 0.29) is 30.4 Å². The van der Waals surface area contributed by atoms with E-state index in [4.69, 9.17) is 4.74 Å². The third-order valence-corrected chi connectivity index (χ3v) is 5.16. The standard InChI is InChI=1S/C20H25N3O3S/c1-23(2)18(15-8-9-27-13-15)11-21-19(24)12-26-17-5-3-4-16(10-17)22-20(25)14-6-7-14/h3-5,8-10,13-14,18H,6-7,11-12H2,1-2H3,(H,21,24)(H,22,25). The molecule has 0 bridgehead atoms. The van der Waals surface area contributed by atoms with Gasteiger partial charge in [0.1, 0.15) is 5.75 Å². The molecule has 0 spiro atoms. The number of hydrogen-bond donors (Lipinski definition) is 2. The number of ether oxygens (including phenoxy) is 1. The van der Waals surface area contributed by atoms with Crippen molar-refractivity contribution in [2.75, 3.05) is 32.6 Å². The largest absolute Gasteiger partial charge is 0.484 e. The Morgan fingerprint density at radius 2 is 2.11 bits per heavy atom. The normalized spacial score (nSPS) is 14.6. The third-order valence-electron chi connectivity index (χ3n) is 4.46. The van der Waals surface area contributed by atoms with Crippen LogP contribution in [0.2, 0.25) is 0 Å². The molecule has 6 nitrogen and oxygen atoms in total. The lowest BCUT2D eigenvalue weighted by Crippen LogP contribution is -2.36. The number of nitrogens with one attached hydrogen (secondary N) is 2. The van der Waals surface area contributed by atoms with Crippen LogP contribution in [0.15, 0.2) is 41.1 Å². The van der Waals surface area contributed by atoms with Gasteiger partial charge in [0, 0.05) is 24.2 Å². The molecule has 7 heteroatoms. The number of anilines is 1. The molecular weight excluding hydrogens is 362 g/mol. The first-order valence-electron chi connectivity index (χ1n) is 9.02. The van der Waals surface area contributed by atoms with Crippen molar-refractivity contribution < 1.29 is 14.3 Å². The van der Waals surface area contributed by atoms with Gasteiger partial charge in [-0.3, -0.25) is 9.59 Å². The predicted molar refractivity (Wildman–Crippen MR) is 107 cm³/mol. The summed E-state index contributed by atoms with van der Waals surface area (Å²) >= 11 is 1.64. The van der Waals surface area contributed by atoms with Crippen molar-refractivity contribution in [3.63, 3.8) is 0 Å². The minimum atomic E-state index is -0.176. The molecule has 2 amide bonds. The van der Waals surface area contributed by atoms with E-state index in [1.165, 1.54) is 5.56 Å². The van der Waals surface area contributed by atoms with Gasteiger partial charge in [-0.05, 0) is 61.5 Å². The van der Waals surface area contributed by atoms with Crippen LogP contribution in [0.5, 0.6) is 5.75 Å². The summed E-state index contributed by atoms with van der Waals surface area (Å²) in [7, 11) is 3.98. The molecule has 0 radical (unpaired) electrons. The van der Waals surface area contributed by atoms with Gasteiger partial charge < -0.3 is 20.3 Å². The minimum absolute atomic E-state index is 0.0491. The fraction of sp³-hybridized carbons (Fsp3) is 0.400. The highest BCUT2D eigenvalue weighted by Crippen LogP contribution is 2.30. The Labute approximate surface area is 163 Å². The van der Waals surface area contributed by atoms with Crippen molar-refractivity contribution in [2.24, 2.45) is 5.92 Å². The first kappa shape index (κ1) is 19.4. The van der Waals surface area contributed by atoms with Gasteiger partial charge in [-0.15, -0.1) is 0 Å². The number of likely N-dealkylation sites (N-methyl/N-ethyl adjacent to an activating group) is 1. The van der Waals surface area contributed by atoms with Gasteiger partial charge in [0.15, 0.2) is 6.61 Å². The molecule has 1 atom stereocenters. The number of carbonyl (C=O) groups is 2. The van der Waals surface area contributed by atoms with Crippen LogP contribution in [-0.4, -0.2) is 44.0 Å². The van der Waals surface area contributed by atoms with Gasteiger partial charge in [0.25, 0.3) is 5.91 Å². The van der Waals surface area contributed by atoms with E-state index in [1.807, 2.05) is 25.5 Å². The maximum atomic E-state index is 12.2. The summed E-state index contributed by atoms with van der Waals surface area (Å²) in [5.41, 5.74) is 1.88. The van der Waals surface area contributed by atoms with Crippen LogP contribution in [0.1, 0.15) is 24.4 Å². The van der Waals surface area contributed by atoms with Gasteiger partial charge in [0.05, 0.1) is 6.04 Å². The molecule has 0 saturated heterocycles. The van der Waals surface area contributed by atoms with E-state index in [1.54, 1.807) is 29.5 Å². The van der Waals surface area contributed by atoms with Crippen molar-refractivity contribution in [3.05, 3.63) is 46.7 Å². The van der Waals surface area contributed by atoms with Crippen molar-refractivity contribution in [3.8, 4) is 5.75 Å². The summed E-state index contributed by atoms with van der Waals surface area (Å²) in [6.07, 6.45) is 1.92. The van der Waals surface area contributed by atoms with E-state index < -0.39 is 0 Å². The van der Waals surface area contributed by atoms with Crippen molar-refractivity contribution in [1.29, 1.82) is 0 Å². The van der Waals surface area contributed by atoms with E-state index in [0.717, 1.165) is 12.8 Å². The van der Waals surface area contributed by atoms with Crippen molar-refractivity contribution in [1.82, 2.24) is 10.2 Å². The van der Waals surface area contributed by atoms with Gasteiger partial charge >= 0.3 is 0 Å². The molecule has 1 fully saturated rings. The number of amides is 2. The Hall–Kier alpha value is -2.38. The molecule has 1 saturated carbocycles. The van der Waals surface area contributed by atoms with E-state index in [2.05, 4.69) is 27.0 Å². The first-order valence-corrected chi connectivity index (χ1v) is 9.96. The highest BCUT2D eigenvalue weighted by Gasteiger charge is 2.29. The zero-order chi connectivity index (χ0) is 19.2. The smallest absolute Gasteiger partial charge is 0.258 e. The monoisotopic (exact) mass is 387 g/mol. The number of benzene rings is 1. The molecule has 1 heterocycles. The molecule has 1 aliphatic carbocycles. The van der Waals surface area contributed by atoms with Gasteiger partial charge in [-0.25, -0.2) is 0 Å². The van der Waals surface area contributed by atoms with Crippen molar-refractivity contribution >= 4 is 28.8 Å². The molecule has 0 aliphatic heterocycles. The molecular formula is C20H25N3O3S. The van der Waals surface area contributed by atoms with Crippen LogP contribution < -0.4 is 15.4 Å². The molecule has 1 aliphatic rings. The molecule has 1 aromatic heterocycles. The Kier molecular flexibility index (Phi) is 6.47. The van der Waals surface area contributed by atoms with Crippen molar-refractivity contribution in [2.45, 2.75) is 18.9 Å². The molecule has 2 N–H and O–H groups in total. The Balaban J connectivity index is 1.46. The minimum Gasteiger partial charge on any atom is -0.484 e. The summed E-state index contributed by atoms with van der Waals surface area (Å²) in [5.74, 6) is 0.575. The van der Waals surface area contributed by atoms with Gasteiger partial charge in [-0.2, -0.15) is 11.3 Å². The lowest BCUT2D eigenvalue weighted by molar-refractivity contribution is -0.123. The fourth-order valence-electron chi connectivity index (χ4n) is 2.73. The maximum absolute atomic E-state index is 12.2. The zero-order valence-corrected chi connectivity index (χ0v) is 16.4. The number of hydrogen-bond acceptors (Lipinski definition) is 5. The van der Waals surface area contributed by atoms with Crippen LogP contribution in [-0.2, 0) is 9.59 Å². The lowest BCUT2D eigenvalue weighted by Gasteiger charge is -2.24. The van der Waals surface area contributed by atoms with Crippen LogP contribution in [0, 0.1) is 5.92 Å². The second-order valence-electron chi connectivity index (χ2n) is 6.92. The zero-order valence-electron chi connectivity index (χ0n) is 15.6. The molecule has 144 valence electrons. The quantitative estimate of drug-likeness (QED) is 0.694. The predicted octanol–water partition coefficient (Wildman–Crippen LogP) is 2.89. The molecule has 3 rings (SSSR count). The molecule has 27 heavy (non-hydrogen) atoms. The van der Waals surface area contributed by atoms with Crippen LogP contribution >= 0.6 is 11.3 Å². The number of thiophene rings is 1. The second-order valence-corrected chi connectivity index (χ2v) is 7.70. The SMILES string of the molecule is CN(C)C(CNC(=O)COc1cccc(NC(=O)C2CC2)c1)c1ccsc1. The summed E-state index contributed by atoms with van der Waals surface area (Å²) in [6.45, 7) is 0.452. The second kappa shape index (κ2) is 9.01. The van der Waals surface area contributed by atoms with E-state index in [9.17, 15) is 9.59 Å². The number of nitrogens with zero attached hydrogens (tertiary/aromatic N) is 1. The number of rotatable bonds is 9. The molecule has 1 unspecified atom stereocenters. The third kappa shape index (κ3) is 5.80. The summed E-state index contributed by atoms with van der Waals surface area (Å²) in [4.78, 5) is 26.1. The van der Waals surface area contributed by atoms with Gasteiger partial charge in [-0.1, -0.05) is 6.07 Å². The Morgan fingerprint density at radius 1 is 1.30 bits per heavy atom. The van der Waals surface area contributed by atoms with Gasteiger partial charge in [0.2, 0.25) is 5.91 Å². The highest BCUT2D eigenvalue weighted by molar-refractivity contribution is 7.07. The average molecular weight is 388 g/mol.